The number of nitrogens with one attached hydrogen (secondary N) is 1. The highest BCUT2D eigenvalue weighted by Crippen LogP contribution is 2.11. The lowest BCUT2D eigenvalue weighted by atomic mass is 10.1. The monoisotopic (exact) mass is 268 g/mol. The summed E-state index contributed by atoms with van der Waals surface area (Å²) < 4.78 is 0. The minimum atomic E-state index is 0.808. The molecule has 2 heterocycles. The van der Waals surface area contributed by atoms with Gasteiger partial charge in [-0.05, 0) is 52.0 Å². The van der Waals surface area contributed by atoms with Gasteiger partial charge in [0, 0.05) is 18.0 Å². The molecule has 0 spiro atoms. The normalized spacial score (nSPS) is 15.9. The van der Waals surface area contributed by atoms with Crippen molar-refractivity contribution in [2.45, 2.75) is 26.2 Å². The molecule has 2 rings (SSSR count). The molecule has 0 unspecified atom stereocenters. The molecule has 18 heavy (non-hydrogen) atoms. The van der Waals surface area contributed by atoms with Gasteiger partial charge in [-0.1, -0.05) is 6.42 Å². The molecule has 0 atom stereocenters. The van der Waals surface area contributed by atoms with Crippen LogP contribution in [0, 0.1) is 6.92 Å². The van der Waals surface area contributed by atoms with Crippen LogP contribution in [0.3, 0.4) is 0 Å². The second-order valence-corrected chi connectivity index (χ2v) is 5.89. The number of likely N-dealkylation sites (N-methyl/N-ethyl adjacent to an activating group) is 1. The average molecular weight is 268 g/mol. The smallest absolute Gasteiger partial charge is 0.160 e. The number of carbonyl (C=O) groups excluding carboxylic acids is 1. The number of likely N-dealkylation sites (tertiary alicyclic amines) is 1. The number of aryl methyl sites for hydroxylation is 1. The molecule has 1 aromatic heterocycles. The van der Waals surface area contributed by atoms with Crippen molar-refractivity contribution >= 4 is 17.6 Å². The highest BCUT2D eigenvalue weighted by molar-refractivity contribution is 7.13. The van der Waals surface area contributed by atoms with Crippen molar-refractivity contribution in [3.8, 4) is 0 Å². The van der Waals surface area contributed by atoms with Crippen molar-refractivity contribution in [2.75, 3.05) is 33.2 Å². The molecule has 1 fully saturated rings. The lowest BCUT2D eigenvalue weighted by Gasteiger charge is -2.25. The molecule has 1 saturated heterocycles. The first-order valence-corrected chi connectivity index (χ1v) is 7.46. The Kier molecular flexibility index (Phi) is 7.89. The number of carbonyl (C=O) groups is 1. The third-order valence-corrected chi connectivity index (χ3v) is 3.93. The molecule has 1 aliphatic heterocycles. The van der Waals surface area contributed by atoms with E-state index >= 15 is 0 Å². The second-order valence-electron chi connectivity index (χ2n) is 4.57. The van der Waals surface area contributed by atoms with Gasteiger partial charge in [-0.15, -0.1) is 11.3 Å². The number of nitrogens with zero attached hydrogens (tertiary/aromatic N) is 1. The fourth-order valence-electron chi connectivity index (χ4n) is 1.97. The maximum atomic E-state index is 10.0. The highest BCUT2D eigenvalue weighted by atomic mass is 32.1. The number of hydrogen-bond acceptors (Lipinski definition) is 4. The Morgan fingerprint density at radius 2 is 2.06 bits per heavy atom. The summed E-state index contributed by atoms with van der Waals surface area (Å²) in [6.45, 7) is 7.00. The van der Waals surface area contributed by atoms with Crippen molar-refractivity contribution in [3.63, 3.8) is 0 Å². The standard InChI is InChI=1S/C8H18N2.C6H6OS/c1-9-5-8-10-6-3-2-4-7-10;1-5-2-3-6(4-7)8-5/h9H,2-8H2,1H3;2-4H,1H3. The van der Waals surface area contributed by atoms with Gasteiger partial charge in [0.2, 0.25) is 0 Å². The summed E-state index contributed by atoms with van der Waals surface area (Å²) in [6, 6.07) is 3.77. The Bertz CT molecular complexity index is 332. The summed E-state index contributed by atoms with van der Waals surface area (Å²) in [5, 5.41) is 3.17. The summed E-state index contributed by atoms with van der Waals surface area (Å²) in [7, 11) is 2.02. The van der Waals surface area contributed by atoms with Crippen LogP contribution in [-0.4, -0.2) is 44.4 Å². The fourth-order valence-corrected chi connectivity index (χ4v) is 2.66. The third kappa shape index (κ3) is 6.28. The van der Waals surface area contributed by atoms with Crippen LogP contribution in [0.25, 0.3) is 0 Å². The Morgan fingerprint density at radius 3 is 2.50 bits per heavy atom. The molecule has 102 valence electrons. The number of hydrogen-bond donors (Lipinski definition) is 1. The molecule has 4 heteroatoms. The van der Waals surface area contributed by atoms with E-state index in [2.05, 4.69) is 10.2 Å². The molecule has 0 amide bonds. The Balaban J connectivity index is 0.000000184. The molecule has 0 aliphatic carbocycles. The lowest BCUT2D eigenvalue weighted by molar-refractivity contribution is 0.112. The minimum Gasteiger partial charge on any atom is -0.318 e. The third-order valence-electron chi connectivity index (χ3n) is 3.00. The van der Waals surface area contributed by atoms with Crippen LogP contribution >= 0.6 is 11.3 Å². The zero-order valence-electron chi connectivity index (χ0n) is 11.4. The molecule has 1 aliphatic rings. The minimum absolute atomic E-state index is 0.808. The van der Waals surface area contributed by atoms with Gasteiger partial charge < -0.3 is 10.2 Å². The van der Waals surface area contributed by atoms with E-state index in [0.29, 0.717) is 0 Å². The summed E-state index contributed by atoms with van der Waals surface area (Å²) in [5.41, 5.74) is 0. The average Bonchev–Trinajstić information content (AvgIpc) is 2.84. The van der Waals surface area contributed by atoms with Gasteiger partial charge in [-0.3, -0.25) is 4.79 Å². The predicted molar refractivity (Wildman–Crippen MR) is 78.7 cm³/mol. The zero-order chi connectivity index (χ0) is 13.2. The molecule has 0 bridgehead atoms. The first kappa shape index (κ1) is 15.3. The van der Waals surface area contributed by atoms with Crippen LogP contribution in [0.2, 0.25) is 0 Å². The lowest BCUT2D eigenvalue weighted by Crippen LogP contribution is -2.34. The summed E-state index contributed by atoms with van der Waals surface area (Å²) >= 11 is 1.52. The maximum absolute atomic E-state index is 10.0. The van der Waals surface area contributed by atoms with Crippen molar-refractivity contribution in [1.82, 2.24) is 10.2 Å². The van der Waals surface area contributed by atoms with Gasteiger partial charge in [0.15, 0.2) is 6.29 Å². The van der Waals surface area contributed by atoms with Crippen LogP contribution in [0.1, 0.15) is 33.8 Å². The van der Waals surface area contributed by atoms with Gasteiger partial charge in [-0.2, -0.15) is 0 Å². The summed E-state index contributed by atoms with van der Waals surface area (Å²) in [4.78, 5) is 14.6. The molecule has 0 saturated carbocycles. The molecule has 0 aromatic carbocycles. The number of thiophene rings is 1. The topological polar surface area (TPSA) is 32.3 Å². The van der Waals surface area contributed by atoms with E-state index in [1.807, 2.05) is 26.1 Å². The van der Waals surface area contributed by atoms with Gasteiger partial charge in [0.05, 0.1) is 4.88 Å². The summed E-state index contributed by atoms with van der Waals surface area (Å²) in [6.07, 6.45) is 5.13. The van der Waals surface area contributed by atoms with Gasteiger partial charge in [-0.25, -0.2) is 0 Å². The molecule has 3 nitrogen and oxygen atoms in total. The molecule has 0 radical (unpaired) electrons. The number of rotatable bonds is 4. The van der Waals surface area contributed by atoms with E-state index < -0.39 is 0 Å². The van der Waals surface area contributed by atoms with Crippen LogP contribution < -0.4 is 5.32 Å². The first-order valence-electron chi connectivity index (χ1n) is 6.65. The maximum Gasteiger partial charge on any atom is 0.160 e. The second kappa shape index (κ2) is 9.25. The van der Waals surface area contributed by atoms with E-state index in [1.54, 1.807) is 0 Å². The van der Waals surface area contributed by atoms with Crippen molar-refractivity contribution in [3.05, 3.63) is 21.9 Å². The van der Waals surface area contributed by atoms with Crippen molar-refractivity contribution in [1.29, 1.82) is 0 Å². The van der Waals surface area contributed by atoms with Gasteiger partial charge in [0.25, 0.3) is 0 Å². The van der Waals surface area contributed by atoms with Crippen molar-refractivity contribution in [2.24, 2.45) is 0 Å². The molecule has 1 aromatic rings. The number of aldehydes is 1. The van der Waals surface area contributed by atoms with Gasteiger partial charge in [0.1, 0.15) is 0 Å². The van der Waals surface area contributed by atoms with E-state index in [4.69, 9.17) is 0 Å². The Labute approximate surface area is 114 Å². The SMILES string of the molecule is CNCCN1CCCCC1.Cc1ccc(C=O)s1. The largest absolute Gasteiger partial charge is 0.318 e. The predicted octanol–water partition coefficient (Wildman–Crippen LogP) is 2.56. The van der Waals surface area contributed by atoms with Crippen LogP contribution in [0.15, 0.2) is 12.1 Å². The van der Waals surface area contributed by atoms with E-state index in [1.165, 1.54) is 55.1 Å². The molecular formula is C14H24N2OS. The molecule has 1 N–H and O–H groups in total. The summed E-state index contributed by atoms with van der Waals surface area (Å²) in [5.74, 6) is 0. The fraction of sp³-hybridized carbons (Fsp3) is 0.643. The van der Waals surface area contributed by atoms with E-state index in [9.17, 15) is 4.79 Å². The zero-order valence-corrected chi connectivity index (χ0v) is 12.3. The van der Waals surface area contributed by atoms with E-state index in [-0.39, 0.29) is 0 Å². The number of piperidine rings is 1. The van der Waals surface area contributed by atoms with Crippen molar-refractivity contribution < 1.29 is 4.79 Å². The first-order chi connectivity index (χ1) is 8.76. The highest BCUT2D eigenvalue weighted by Gasteiger charge is 2.07. The van der Waals surface area contributed by atoms with E-state index in [0.717, 1.165) is 17.7 Å². The van der Waals surface area contributed by atoms with Gasteiger partial charge >= 0.3 is 0 Å². The quantitative estimate of drug-likeness (QED) is 0.852. The van der Waals surface area contributed by atoms with Crippen LogP contribution in [0.5, 0.6) is 0 Å². The van der Waals surface area contributed by atoms with Crippen LogP contribution in [0.4, 0.5) is 0 Å². The van der Waals surface area contributed by atoms with Crippen LogP contribution in [-0.2, 0) is 0 Å². The Morgan fingerprint density at radius 1 is 1.33 bits per heavy atom. The Hall–Kier alpha value is -0.710. The molecular weight excluding hydrogens is 244 g/mol.